The second kappa shape index (κ2) is 6.07. The SMILES string of the molecule is Cc1nc(N2CCCC(c3nnc(CO)n3C)C2)c2nc(C)oc2n1. The van der Waals surface area contributed by atoms with Gasteiger partial charge in [0.25, 0.3) is 5.71 Å². The van der Waals surface area contributed by atoms with Crippen LogP contribution in [0.5, 0.6) is 0 Å². The number of aliphatic hydroxyl groups excluding tert-OH is 1. The molecule has 0 aliphatic carbocycles. The van der Waals surface area contributed by atoms with Crippen LogP contribution < -0.4 is 4.90 Å². The molecule has 1 aliphatic heterocycles. The van der Waals surface area contributed by atoms with Gasteiger partial charge < -0.3 is 19.0 Å². The van der Waals surface area contributed by atoms with Crippen molar-refractivity contribution in [1.29, 1.82) is 0 Å². The van der Waals surface area contributed by atoms with E-state index >= 15 is 0 Å². The van der Waals surface area contributed by atoms with Gasteiger partial charge in [-0.2, -0.15) is 4.98 Å². The summed E-state index contributed by atoms with van der Waals surface area (Å²) >= 11 is 0. The van der Waals surface area contributed by atoms with Crippen LogP contribution >= 0.6 is 0 Å². The van der Waals surface area contributed by atoms with Crippen LogP contribution in [0.4, 0.5) is 5.82 Å². The van der Waals surface area contributed by atoms with E-state index in [0.717, 1.165) is 37.6 Å². The van der Waals surface area contributed by atoms with Crippen LogP contribution in [0.2, 0.25) is 0 Å². The Morgan fingerprint density at radius 3 is 2.80 bits per heavy atom. The number of fused-ring (bicyclic) bond motifs is 1. The first-order chi connectivity index (χ1) is 12.1. The Morgan fingerprint density at radius 2 is 2.04 bits per heavy atom. The van der Waals surface area contributed by atoms with Crippen molar-refractivity contribution in [2.24, 2.45) is 7.05 Å². The van der Waals surface area contributed by atoms with Crippen molar-refractivity contribution >= 4 is 17.0 Å². The third kappa shape index (κ3) is 2.74. The molecule has 1 saturated heterocycles. The van der Waals surface area contributed by atoms with Gasteiger partial charge in [0.1, 0.15) is 18.3 Å². The average Bonchev–Trinajstić information content (AvgIpc) is 3.15. The van der Waals surface area contributed by atoms with E-state index in [9.17, 15) is 5.11 Å². The number of aryl methyl sites for hydroxylation is 2. The third-order valence-corrected chi connectivity index (χ3v) is 4.69. The minimum atomic E-state index is -0.107. The summed E-state index contributed by atoms with van der Waals surface area (Å²) in [5.41, 5.74) is 1.24. The molecule has 0 spiro atoms. The van der Waals surface area contributed by atoms with Crippen LogP contribution in [0.3, 0.4) is 0 Å². The summed E-state index contributed by atoms with van der Waals surface area (Å²) in [6.45, 7) is 5.24. The van der Waals surface area contributed by atoms with Gasteiger partial charge in [-0.15, -0.1) is 10.2 Å². The fourth-order valence-corrected chi connectivity index (χ4v) is 3.49. The van der Waals surface area contributed by atoms with Gasteiger partial charge in [-0.3, -0.25) is 0 Å². The fraction of sp³-hybridized carbons (Fsp3) is 0.562. The number of hydrogen-bond acceptors (Lipinski definition) is 8. The van der Waals surface area contributed by atoms with Gasteiger partial charge in [-0.25, -0.2) is 9.97 Å². The molecule has 1 aliphatic rings. The van der Waals surface area contributed by atoms with Gasteiger partial charge in [0.05, 0.1) is 0 Å². The molecule has 25 heavy (non-hydrogen) atoms. The van der Waals surface area contributed by atoms with Crippen LogP contribution in [0.1, 0.15) is 42.1 Å². The molecule has 1 unspecified atom stereocenters. The van der Waals surface area contributed by atoms with Crippen LogP contribution in [0.25, 0.3) is 11.2 Å². The van der Waals surface area contributed by atoms with E-state index in [1.165, 1.54) is 0 Å². The second-order valence-electron chi connectivity index (χ2n) is 6.46. The van der Waals surface area contributed by atoms with Crippen LogP contribution in [0, 0.1) is 13.8 Å². The molecule has 3 aromatic heterocycles. The van der Waals surface area contributed by atoms with Gasteiger partial charge in [-0.1, -0.05) is 0 Å². The standard InChI is InChI=1S/C16H21N7O2/c1-9-17-15(13-16(18-9)25-10(2)19-13)23-6-4-5-11(7-23)14-21-20-12(8-24)22(14)3/h11,24H,4-8H2,1-3H3. The summed E-state index contributed by atoms with van der Waals surface area (Å²) in [6.07, 6.45) is 2.05. The monoisotopic (exact) mass is 343 g/mol. The van der Waals surface area contributed by atoms with Crippen LogP contribution in [0.15, 0.2) is 4.42 Å². The molecule has 1 N–H and O–H groups in total. The van der Waals surface area contributed by atoms with Gasteiger partial charge in [-0.05, 0) is 19.8 Å². The van der Waals surface area contributed by atoms with Crippen molar-refractivity contribution in [2.75, 3.05) is 18.0 Å². The van der Waals surface area contributed by atoms with Crippen molar-refractivity contribution in [3.05, 3.63) is 23.4 Å². The molecule has 0 saturated carbocycles. The fourth-order valence-electron chi connectivity index (χ4n) is 3.49. The Bertz CT molecular complexity index is 917. The number of piperidine rings is 1. The Kier molecular flexibility index (Phi) is 3.87. The highest BCUT2D eigenvalue weighted by Gasteiger charge is 2.28. The van der Waals surface area contributed by atoms with Crippen molar-refractivity contribution in [1.82, 2.24) is 29.7 Å². The Labute approximate surface area is 144 Å². The molecule has 132 valence electrons. The molecule has 0 radical (unpaired) electrons. The maximum Gasteiger partial charge on any atom is 0.252 e. The topological polar surface area (TPSA) is 106 Å². The summed E-state index contributed by atoms with van der Waals surface area (Å²) in [4.78, 5) is 15.6. The van der Waals surface area contributed by atoms with Crippen molar-refractivity contribution in [2.45, 2.75) is 39.2 Å². The van der Waals surface area contributed by atoms with Gasteiger partial charge in [0.15, 0.2) is 23.0 Å². The number of oxazole rings is 1. The molecule has 4 rings (SSSR count). The lowest BCUT2D eigenvalue weighted by molar-refractivity contribution is 0.266. The minimum Gasteiger partial charge on any atom is -0.422 e. The maximum absolute atomic E-state index is 9.34. The molecule has 1 fully saturated rings. The summed E-state index contributed by atoms with van der Waals surface area (Å²) in [7, 11) is 1.90. The van der Waals surface area contributed by atoms with E-state index in [1.807, 2.05) is 25.5 Å². The first kappa shape index (κ1) is 15.9. The number of hydrogen-bond donors (Lipinski definition) is 1. The van der Waals surface area contributed by atoms with Crippen molar-refractivity contribution in [3.63, 3.8) is 0 Å². The minimum absolute atomic E-state index is 0.107. The van der Waals surface area contributed by atoms with E-state index in [1.54, 1.807) is 0 Å². The van der Waals surface area contributed by atoms with E-state index in [-0.39, 0.29) is 12.5 Å². The largest absolute Gasteiger partial charge is 0.422 e. The molecular weight excluding hydrogens is 322 g/mol. The third-order valence-electron chi connectivity index (χ3n) is 4.69. The lowest BCUT2D eigenvalue weighted by Gasteiger charge is -2.33. The van der Waals surface area contributed by atoms with E-state index < -0.39 is 0 Å². The zero-order chi connectivity index (χ0) is 17.6. The summed E-state index contributed by atoms with van der Waals surface area (Å²) in [6, 6.07) is 0. The molecule has 1 atom stereocenters. The highest BCUT2D eigenvalue weighted by atomic mass is 16.4. The summed E-state index contributed by atoms with van der Waals surface area (Å²) in [5.74, 6) is 3.78. The first-order valence-corrected chi connectivity index (χ1v) is 8.42. The number of aliphatic hydroxyl groups is 1. The Balaban J connectivity index is 1.68. The molecule has 0 aromatic carbocycles. The van der Waals surface area contributed by atoms with Crippen LogP contribution in [-0.2, 0) is 13.7 Å². The first-order valence-electron chi connectivity index (χ1n) is 8.42. The predicted molar refractivity (Wildman–Crippen MR) is 90.2 cm³/mol. The number of anilines is 1. The lowest BCUT2D eigenvalue weighted by Crippen LogP contribution is -2.36. The molecule has 4 heterocycles. The lowest BCUT2D eigenvalue weighted by atomic mass is 9.97. The summed E-state index contributed by atoms with van der Waals surface area (Å²) < 4.78 is 7.47. The average molecular weight is 343 g/mol. The number of aromatic nitrogens is 6. The molecular formula is C16H21N7O2. The highest BCUT2D eigenvalue weighted by Crippen LogP contribution is 2.31. The van der Waals surface area contributed by atoms with E-state index in [4.69, 9.17) is 4.42 Å². The van der Waals surface area contributed by atoms with Crippen molar-refractivity contribution < 1.29 is 9.52 Å². The highest BCUT2D eigenvalue weighted by molar-refractivity contribution is 5.82. The number of rotatable bonds is 3. The quantitative estimate of drug-likeness (QED) is 0.757. The second-order valence-corrected chi connectivity index (χ2v) is 6.46. The molecule has 3 aromatic rings. The summed E-state index contributed by atoms with van der Waals surface area (Å²) in [5, 5.41) is 17.7. The molecule has 0 bridgehead atoms. The Hall–Kier alpha value is -2.55. The van der Waals surface area contributed by atoms with Gasteiger partial charge in [0.2, 0.25) is 0 Å². The van der Waals surface area contributed by atoms with E-state index in [0.29, 0.717) is 28.8 Å². The molecule has 9 nitrogen and oxygen atoms in total. The Morgan fingerprint density at radius 1 is 1.20 bits per heavy atom. The zero-order valence-corrected chi connectivity index (χ0v) is 14.6. The normalized spacial score (nSPS) is 18.2. The molecule has 9 heteroatoms. The van der Waals surface area contributed by atoms with Crippen molar-refractivity contribution in [3.8, 4) is 0 Å². The molecule has 0 amide bonds. The predicted octanol–water partition coefficient (Wildman–Crippen LogP) is 1.24. The number of nitrogens with zero attached hydrogens (tertiary/aromatic N) is 7. The van der Waals surface area contributed by atoms with E-state index in [2.05, 4.69) is 30.0 Å². The smallest absolute Gasteiger partial charge is 0.252 e. The van der Waals surface area contributed by atoms with Gasteiger partial charge in [0, 0.05) is 33.0 Å². The zero-order valence-electron chi connectivity index (χ0n) is 14.6. The van der Waals surface area contributed by atoms with Gasteiger partial charge >= 0.3 is 0 Å². The van der Waals surface area contributed by atoms with Crippen LogP contribution in [-0.4, -0.2) is 47.9 Å². The maximum atomic E-state index is 9.34.